The van der Waals surface area contributed by atoms with Crippen molar-refractivity contribution < 1.29 is 9.53 Å². The maximum Gasteiger partial charge on any atom is 0.145 e. The van der Waals surface area contributed by atoms with Gasteiger partial charge in [-0.05, 0) is 99.0 Å². The molecule has 0 heterocycles. The largest absolute Gasteiger partial charge is 0.498 e. The zero-order valence-electron chi connectivity index (χ0n) is 17.0. The average Bonchev–Trinajstić information content (AvgIpc) is 2.96. The standard InChI is InChI=1S/C25H34O2/c1-3-27-16-8-10-17-15(13-16)7-9-19-18(17)11-12-24(2)22(19)14-25(23(24)26)20-5-4-6-21(20)25/h7,13,17-22H,3-6,8-12,14H2,1-2H3/t17?,18-,19-,20-,21+,22+,24+,25?/m1/s1. The van der Waals surface area contributed by atoms with E-state index >= 15 is 0 Å². The summed E-state index contributed by atoms with van der Waals surface area (Å²) in [7, 11) is 0. The molecule has 0 saturated heterocycles. The van der Waals surface area contributed by atoms with Crippen molar-refractivity contribution >= 4 is 5.78 Å². The summed E-state index contributed by atoms with van der Waals surface area (Å²) in [5.41, 5.74) is 1.69. The van der Waals surface area contributed by atoms with E-state index in [1.54, 1.807) is 5.57 Å². The zero-order chi connectivity index (χ0) is 18.4. The topological polar surface area (TPSA) is 26.3 Å². The second-order valence-corrected chi connectivity index (χ2v) is 10.7. The first-order chi connectivity index (χ1) is 13.1. The van der Waals surface area contributed by atoms with Crippen LogP contribution < -0.4 is 0 Å². The molecule has 2 unspecified atom stereocenters. The van der Waals surface area contributed by atoms with Crippen molar-refractivity contribution in [3.63, 3.8) is 0 Å². The number of Topliss-reactive ketones (excluding diaryl/α,β-unsaturated/α-hetero) is 1. The third-order valence-electron chi connectivity index (χ3n) is 10.0. The second kappa shape index (κ2) is 5.51. The monoisotopic (exact) mass is 366 g/mol. The molecule has 6 rings (SSSR count). The number of carbonyl (C=O) groups is 1. The van der Waals surface area contributed by atoms with Crippen LogP contribution >= 0.6 is 0 Å². The molecule has 0 bridgehead atoms. The molecule has 0 radical (unpaired) electrons. The highest BCUT2D eigenvalue weighted by molar-refractivity contribution is 5.96. The summed E-state index contributed by atoms with van der Waals surface area (Å²) < 4.78 is 5.82. The molecular formula is C25H34O2. The van der Waals surface area contributed by atoms with E-state index in [9.17, 15) is 4.79 Å². The normalized spacial score (nSPS) is 52.4. The zero-order valence-corrected chi connectivity index (χ0v) is 17.0. The minimum atomic E-state index is -0.00214. The Morgan fingerprint density at radius 2 is 1.93 bits per heavy atom. The summed E-state index contributed by atoms with van der Waals surface area (Å²) in [6.07, 6.45) is 16.2. The van der Waals surface area contributed by atoms with Gasteiger partial charge in [0.15, 0.2) is 0 Å². The van der Waals surface area contributed by atoms with Crippen molar-refractivity contribution in [3.8, 4) is 0 Å². The van der Waals surface area contributed by atoms with Gasteiger partial charge >= 0.3 is 0 Å². The Hall–Kier alpha value is -1.05. The lowest BCUT2D eigenvalue weighted by molar-refractivity contribution is -0.134. The molecule has 6 aliphatic carbocycles. The van der Waals surface area contributed by atoms with Crippen LogP contribution in [-0.2, 0) is 9.53 Å². The van der Waals surface area contributed by atoms with Gasteiger partial charge in [-0.2, -0.15) is 0 Å². The van der Waals surface area contributed by atoms with Crippen molar-refractivity contribution in [1.82, 2.24) is 0 Å². The fourth-order valence-corrected chi connectivity index (χ4v) is 8.91. The quantitative estimate of drug-likeness (QED) is 0.628. The average molecular weight is 367 g/mol. The molecule has 8 atom stereocenters. The van der Waals surface area contributed by atoms with Gasteiger partial charge in [0, 0.05) is 17.3 Å². The van der Waals surface area contributed by atoms with Gasteiger partial charge in [-0.15, -0.1) is 0 Å². The third-order valence-corrected chi connectivity index (χ3v) is 10.0. The molecule has 4 fully saturated rings. The first-order valence-electron chi connectivity index (χ1n) is 11.7. The fourth-order valence-electron chi connectivity index (χ4n) is 8.91. The van der Waals surface area contributed by atoms with Crippen LogP contribution in [0.2, 0.25) is 0 Å². The molecule has 2 nitrogen and oxygen atoms in total. The predicted molar refractivity (Wildman–Crippen MR) is 106 cm³/mol. The van der Waals surface area contributed by atoms with Gasteiger partial charge in [-0.1, -0.05) is 19.4 Å². The molecule has 2 heteroatoms. The lowest BCUT2D eigenvalue weighted by Crippen LogP contribution is -2.45. The lowest BCUT2D eigenvalue weighted by atomic mass is 9.53. The number of carbonyl (C=O) groups excluding carboxylic acids is 1. The highest BCUT2D eigenvalue weighted by Crippen LogP contribution is 2.78. The number of hydrogen-bond donors (Lipinski definition) is 0. The predicted octanol–water partition coefficient (Wildman–Crippen LogP) is 5.68. The molecule has 27 heavy (non-hydrogen) atoms. The van der Waals surface area contributed by atoms with E-state index in [2.05, 4.69) is 26.0 Å². The molecule has 0 N–H and O–H groups in total. The molecule has 0 amide bonds. The molecular weight excluding hydrogens is 332 g/mol. The summed E-state index contributed by atoms with van der Waals surface area (Å²) in [5, 5.41) is 0. The van der Waals surface area contributed by atoms with E-state index in [0.717, 1.165) is 49.0 Å². The highest BCUT2D eigenvalue weighted by Gasteiger charge is 2.78. The van der Waals surface area contributed by atoms with Crippen LogP contribution in [-0.4, -0.2) is 12.4 Å². The van der Waals surface area contributed by atoms with E-state index in [-0.39, 0.29) is 10.8 Å². The van der Waals surface area contributed by atoms with Crippen molar-refractivity contribution in [1.29, 1.82) is 0 Å². The fraction of sp³-hybridized carbons (Fsp3) is 0.800. The molecule has 0 aromatic rings. The highest BCUT2D eigenvalue weighted by atomic mass is 16.5. The smallest absolute Gasteiger partial charge is 0.145 e. The van der Waals surface area contributed by atoms with Crippen LogP contribution in [0.1, 0.15) is 71.6 Å². The minimum absolute atomic E-state index is 0.00214. The van der Waals surface area contributed by atoms with E-state index in [1.165, 1.54) is 50.7 Å². The van der Waals surface area contributed by atoms with E-state index in [1.807, 2.05) is 0 Å². The van der Waals surface area contributed by atoms with Gasteiger partial charge in [0.25, 0.3) is 0 Å². The van der Waals surface area contributed by atoms with Crippen molar-refractivity contribution in [2.45, 2.75) is 71.6 Å². The van der Waals surface area contributed by atoms with Gasteiger partial charge in [0.05, 0.1) is 12.4 Å². The van der Waals surface area contributed by atoms with Gasteiger partial charge in [-0.25, -0.2) is 0 Å². The van der Waals surface area contributed by atoms with Crippen LogP contribution in [0.3, 0.4) is 0 Å². The van der Waals surface area contributed by atoms with Gasteiger partial charge in [-0.3, -0.25) is 4.79 Å². The SMILES string of the molecule is CCOC1=CC2=CC[C@@H]3[C@H](CC[C@]4(C)C(=O)C5(C[C@@H]34)[C@@H]3CCC[C@@H]35)C2CC1. The Bertz CT molecular complexity index is 735. The summed E-state index contributed by atoms with van der Waals surface area (Å²) in [4.78, 5) is 13.7. The summed E-state index contributed by atoms with van der Waals surface area (Å²) in [6.45, 7) is 5.23. The molecule has 0 aromatic heterocycles. The maximum atomic E-state index is 13.7. The Labute approximate surface area is 163 Å². The molecule has 146 valence electrons. The number of ketones is 1. The number of rotatable bonds is 2. The van der Waals surface area contributed by atoms with Gasteiger partial charge in [0.2, 0.25) is 0 Å². The Balaban J connectivity index is 1.31. The Kier molecular flexibility index (Phi) is 3.44. The molecule has 0 aliphatic heterocycles. The van der Waals surface area contributed by atoms with Gasteiger partial charge < -0.3 is 4.74 Å². The number of allylic oxidation sites excluding steroid dienone is 4. The van der Waals surface area contributed by atoms with Gasteiger partial charge in [0.1, 0.15) is 5.78 Å². The molecule has 1 spiro atoms. The summed E-state index contributed by atoms with van der Waals surface area (Å²) >= 11 is 0. The van der Waals surface area contributed by atoms with Crippen molar-refractivity contribution in [3.05, 3.63) is 23.5 Å². The Morgan fingerprint density at radius 3 is 2.70 bits per heavy atom. The van der Waals surface area contributed by atoms with E-state index in [0.29, 0.717) is 11.7 Å². The van der Waals surface area contributed by atoms with Crippen LogP contribution in [0.15, 0.2) is 23.5 Å². The molecule has 6 aliphatic rings. The van der Waals surface area contributed by atoms with Crippen LogP contribution in [0.5, 0.6) is 0 Å². The first-order valence-corrected chi connectivity index (χ1v) is 11.7. The number of ether oxygens (including phenoxy) is 1. The number of hydrogen-bond acceptors (Lipinski definition) is 2. The third kappa shape index (κ3) is 2.01. The lowest BCUT2D eigenvalue weighted by Gasteiger charge is -2.50. The molecule has 4 saturated carbocycles. The number of fused-ring (bicyclic) bond motifs is 8. The molecule has 0 aromatic carbocycles. The minimum Gasteiger partial charge on any atom is -0.498 e. The maximum absolute atomic E-state index is 13.7. The Morgan fingerprint density at radius 1 is 1.11 bits per heavy atom. The summed E-state index contributed by atoms with van der Waals surface area (Å²) in [6, 6.07) is 0. The first kappa shape index (κ1) is 16.9. The van der Waals surface area contributed by atoms with Crippen molar-refractivity contribution in [2.24, 2.45) is 46.3 Å². The van der Waals surface area contributed by atoms with Crippen LogP contribution in [0.4, 0.5) is 0 Å². The van der Waals surface area contributed by atoms with Crippen LogP contribution in [0, 0.1) is 46.3 Å². The summed E-state index contributed by atoms with van der Waals surface area (Å²) in [5.74, 6) is 6.39. The second-order valence-electron chi connectivity index (χ2n) is 10.7. The van der Waals surface area contributed by atoms with E-state index < -0.39 is 0 Å². The van der Waals surface area contributed by atoms with E-state index in [4.69, 9.17) is 4.74 Å². The van der Waals surface area contributed by atoms with Crippen molar-refractivity contribution in [2.75, 3.05) is 6.61 Å². The van der Waals surface area contributed by atoms with Crippen LogP contribution in [0.25, 0.3) is 0 Å².